The lowest BCUT2D eigenvalue weighted by Gasteiger charge is -1.98. The summed E-state index contributed by atoms with van der Waals surface area (Å²) < 4.78 is 7.15. The molecule has 5 nitrogen and oxygen atoms in total. The lowest BCUT2D eigenvalue weighted by Crippen LogP contribution is -2.23. The number of ether oxygens (including phenoxy) is 1. The first kappa shape index (κ1) is 15.5. The number of hydrogen-bond donors (Lipinski definition) is 0. The second-order valence-corrected chi connectivity index (χ2v) is 6.58. The minimum Gasteiger partial charge on any atom is -0.497 e. The predicted octanol–water partition coefficient (Wildman–Crippen LogP) is 2.30. The molecule has 2 aromatic carbocycles. The van der Waals surface area contributed by atoms with Crippen LogP contribution in [0.1, 0.15) is 17.0 Å². The van der Waals surface area contributed by atoms with Gasteiger partial charge in [0, 0.05) is 6.42 Å². The normalized spacial score (nSPS) is 12.0. The molecule has 0 amide bonds. The summed E-state index contributed by atoms with van der Waals surface area (Å²) >= 11 is 1.35. The molecule has 0 aliphatic carbocycles. The molecule has 4 aromatic rings. The van der Waals surface area contributed by atoms with Crippen molar-refractivity contribution in [1.29, 1.82) is 0 Å². The van der Waals surface area contributed by atoms with E-state index in [0.29, 0.717) is 21.7 Å². The number of aromatic nitrogens is 3. The van der Waals surface area contributed by atoms with Crippen LogP contribution in [-0.4, -0.2) is 21.7 Å². The van der Waals surface area contributed by atoms with Crippen LogP contribution < -0.4 is 14.8 Å². The highest BCUT2D eigenvalue weighted by Crippen LogP contribution is 2.12. The third kappa shape index (κ3) is 3.16. The molecule has 0 aliphatic rings. The van der Waals surface area contributed by atoms with E-state index in [1.807, 2.05) is 60.7 Å². The highest BCUT2D eigenvalue weighted by molar-refractivity contribution is 7.15. The number of methoxy groups -OCH3 is 1. The molecule has 2 heterocycles. The van der Waals surface area contributed by atoms with E-state index in [2.05, 4.69) is 10.1 Å². The maximum absolute atomic E-state index is 12.5. The fourth-order valence-electron chi connectivity index (χ4n) is 2.58. The number of benzene rings is 2. The van der Waals surface area contributed by atoms with E-state index < -0.39 is 0 Å². The summed E-state index contributed by atoms with van der Waals surface area (Å²) in [4.78, 5) is 17.6. The predicted molar refractivity (Wildman–Crippen MR) is 98.2 cm³/mol. The van der Waals surface area contributed by atoms with Crippen LogP contribution in [0.2, 0.25) is 0 Å². The van der Waals surface area contributed by atoms with Gasteiger partial charge in [0.2, 0.25) is 4.96 Å². The van der Waals surface area contributed by atoms with Gasteiger partial charge in [0.05, 0.1) is 11.6 Å². The Morgan fingerprint density at radius 2 is 1.88 bits per heavy atom. The zero-order valence-electron chi connectivity index (χ0n) is 13.5. The fraction of sp³-hybridized carbons (Fsp3) is 0.105. The molecule has 6 heteroatoms. The van der Waals surface area contributed by atoms with Crippen molar-refractivity contribution in [3.05, 3.63) is 86.4 Å². The van der Waals surface area contributed by atoms with E-state index in [1.165, 1.54) is 15.9 Å². The Morgan fingerprint density at radius 3 is 2.56 bits per heavy atom. The molecule has 0 saturated heterocycles. The minimum absolute atomic E-state index is 0.136. The maximum atomic E-state index is 12.5. The summed E-state index contributed by atoms with van der Waals surface area (Å²) in [5.74, 6) is 1.44. The van der Waals surface area contributed by atoms with Crippen LogP contribution in [0.15, 0.2) is 59.4 Å². The Kier molecular flexibility index (Phi) is 4.03. The van der Waals surface area contributed by atoms with E-state index >= 15 is 0 Å². The molecule has 25 heavy (non-hydrogen) atoms. The van der Waals surface area contributed by atoms with Gasteiger partial charge >= 0.3 is 0 Å². The third-order valence-electron chi connectivity index (χ3n) is 3.84. The first-order valence-corrected chi connectivity index (χ1v) is 8.63. The molecule has 0 radical (unpaired) electrons. The van der Waals surface area contributed by atoms with E-state index in [9.17, 15) is 4.79 Å². The highest BCUT2D eigenvalue weighted by atomic mass is 32.1. The average Bonchev–Trinajstić information content (AvgIpc) is 3.16. The molecule has 0 bridgehead atoms. The Labute approximate surface area is 147 Å². The topological polar surface area (TPSA) is 56.5 Å². The molecule has 0 N–H and O–H groups in total. The van der Waals surface area contributed by atoms with Gasteiger partial charge in [0.1, 0.15) is 5.75 Å². The summed E-state index contributed by atoms with van der Waals surface area (Å²) in [6.07, 6.45) is 2.46. The lowest BCUT2D eigenvalue weighted by atomic mass is 10.1. The SMILES string of the molecule is COc1ccc(/C=c2\sc3nc(Cc4ccccc4)nn3c2=O)cc1. The van der Waals surface area contributed by atoms with E-state index in [0.717, 1.165) is 16.9 Å². The monoisotopic (exact) mass is 349 g/mol. The first-order valence-electron chi connectivity index (χ1n) is 7.81. The van der Waals surface area contributed by atoms with Crippen molar-refractivity contribution in [2.45, 2.75) is 6.42 Å². The third-order valence-corrected chi connectivity index (χ3v) is 4.80. The molecule has 0 fully saturated rings. The van der Waals surface area contributed by atoms with Crippen molar-refractivity contribution in [2.24, 2.45) is 0 Å². The van der Waals surface area contributed by atoms with Gasteiger partial charge in [-0.2, -0.15) is 4.52 Å². The van der Waals surface area contributed by atoms with Gasteiger partial charge in [-0.3, -0.25) is 4.79 Å². The van der Waals surface area contributed by atoms with Crippen molar-refractivity contribution >= 4 is 22.4 Å². The Bertz CT molecular complexity index is 1120. The Morgan fingerprint density at radius 1 is 1.12 bits per heavy atom. The second-order valence-electron chi connectivity index (χ2n) is 5.57. The number of fused-ring (bicyclic) bond motifs is 1. The van der Waals surface area contributed by atoms with E-state index in [4.69, 9.17) is 4.74 Å². The van der Waals surface area contributed by atoms with E-state index in [-0.39, 0.29) is 5.56 Å². The summed E-state index contributed by atoms with van der Waals surface area (Å²) in [7, 11) is 1.63. The maximum Gasteiger partial charge on any atom is 0.291 e. The standard InChI is InChI=1S/C19H15N3O2S/c1-24-15-9-7-14(8-10-15)11-16-18(23)22-19(25-16)20-17(21-22)12-13-5-3-2-4-6-13/h2-11H,12H2,1H3/b16-11-. The molecular weight excluding hydrogens is 334 g/mol. The van der Waals surface area contributed by atoms with Crippen LogP contribution >= 0.6 is 11.3 Å². The van der Waals surface area contributed by atoms with Crippen LogP contribution in [0.5, 0.6) is 5.75 Å². The Balaban J connectivity index is 1.67. The van der Waals surface area contributed by atoms with Gasteiger partial charge in [-0.25, -0.2) is 4.98 Å². The molecule has 124 valence electrons. The van der Waals surface area contributed by atoms with Gasteiger partial charge in [0.25, 0.3) is 5.56 Å². The van der Waals surface area contributed by atoms with Gasteiger partial charge in [-0.1, -0.05) is 53.8 Å². The van der Waals surface area contributed by atoms with Gasteiger partial charge in [-0.05, 0) is 29.3 Å². The number of rotatable bonds is 4. The van der Waals surface area contributed by atoms with Crippen LogP contribution in [-0.2, 0) is 6.42 Å². The van der Waals surface area contributed by atoms with Crippen LogP contribution in [0.3, 0.4) is 0 Å². The van der Waals surface area contributed by atoms with Gasteiger partial charge in [-0.15, -0.1) is 5.10 Å². The summed E-state index contributed by atoms with van der Waals surface area (Å²) in [5, 5.41) is 4.36. The van der Waals surface area contributed by atoms with Crippen molar-refractivity contribution in [3.63, 3.8) is 0 Å². The minimum atomic E-state index is -0.136. The zero-order chi connectivity index (χ0) is 17.2. The molecule has 0 spiro atoms. The molecular formula is C19H15N3O2S. The first-order chi connectivity index (χ1) is 12.2. The molecule has 2 aromatic heterocycles. The smallest absolute Gasteiger partial charge is 0.291 e. The molecule has 0 unspecified atom stereocenters. The van der Waals surface area contributed by atoms with Crippen molar-refractivity contribution < 1.29 is 4.74 Å². The lowest BCUT2D eigenvalue weighted by molar-refractivity contribution is 0.415. The van der Waals surface area contributed by atoms with E-state index in [1.54, 1.807) is 7.11 Å². The summed E-state index contributed by atoms with van der Waals surface area (Å²) in [6.45, 7) is 0. The number of nitrogens with zero attached hydrogens (tertiary/aromatic N) is 3. The molecule has 0 aliphatic heterocycles. The molecule has 0 atom stereocenters. The molecule has 0 saturated carbocycles. The highest BCUT2D eigenvalue weighted by Gasteiger charge is 2.10. The van der Waals surface area contributed by atoms with Gasteiger partial charge < -0.3 is 4.74 Å². The average molecular weight is 349 g/mol. The summed E-state index contributed by atoms with van der Waals surface area (Å²) in [5.41, 5.74) is 1.92. The second kappa shape index (κ2) is 6.49. The Hall–Kier alpha value is -2.99. The fourth-order valence-corrected chi connectivity index (χ4v) is 3.51. The van der Waals surface area contributed by atoms with Gasteiger partial charge in [0.15, 0.2) is 5.82 Å². The van der Waals surface area contributed by atoms with Crippen molar-refractivity contribution in [3.8, 4) is 5.75 Å². The van der Waals surface area contributed by atoms with Crippen LogP contribution in [0.4, 0.5) is 0 Å². The zero-order valence-corrected chi connectivity index (χ0v) is 14.4. The summed E-state index contributed by atoms with van der Waals surface area (Å²) in [6, 6.07) is 17.5. The quantitative estimate of drug-likeness (QED) is 0.567. The van der Waals surface area contributed by atoms with Crippen molar-refractivity contribution in [1.82, 2.24) is 14.6 Å². The number of hydrogen-bond acceptors (Lipinski definition) is 5. The number of thiazole rings is 1. The van der Waals surface area contributed by atoms with Crippen LogP contribution in [0.25, 0.3) is 11.0 Å². The van der Waals surface area contributed by atoms with Crippen LogP contribution in [0, 0.1) is 0 Å². The largest absolute Gasteiger partial charge is 0.497 e. The molecule has 4 rings (SSSR count). The van der Waals surface area contributed by atoms with Crippen molar-refractivity contribution in [2.75, 3.05) is 7.11 Å².